The molecule has 0 radical (unpaired) electrons. The van der Waals surface area contributed by atoms with Crippen molar-refractivity contribution in [2.45, 2.75) is 26.4 Å². The minimum absolute atomic E-state index is 0.0400. The van der Waals surface area contributed by atoms with E-state index in [1.54, 1.807) is 12.1 Å². The van der Waals surface area contributed by atoms with E-state index in [1.165, 1.54) is 6.07 Å². The first kappa shape index (κ1) is 12.8. The topological polar surface area (TPSA) is 29.9 Å². The molecule has 0 bridgehead atoms. The molecular weight excluding hydrogens is 229 g/mol. The van der Waals surface area contributed by atoms with Crippen LogP contribution in [0.4, 0.5) is 4.39 Å². The van der Waals surface area contributed by atoms with Crippen LogP contribution in [0.25, 0.3) is 0 Å². The van der Waals surface area contributed by atoms with E-state index >= 15 is 0 Å². The van der Waals surface area contributed by atoms with Crippen molar-refractivity contribution in [1.82, 2.24) is 15.1 Å². The molecule has 1 unspecified atom stereocenters. The molecule has 0 aliphatic carbocycles. The van der Waals surface area contributed by atoms with Crippen molar-refractivity contribution in [2.24, 2.45) is 0 Å². The number of benzene rings is 1. The number of aromatic nitrogens is 2. The third-order valence-electron chi connectivity index (χ3n) is 3.00. The lowest BCUT2D eigenvalue weighted by molar-refractivity contribution is 0.557. The van der Waals surface area contributed by atoms with Crippen molar-refractivity contribution >= 4 is 0 Å². The summed E-state index contributed by atoms with van der Waals surface area (Å²) in [4.78, 5) is 0. The first-order valence-corrected chi connectivity index (χ1v) is 6.12. The number of rotatable bonds is 4. The van der Waals surface area contributed by atoms with Crippen molar-refractivity contribution < 1.29 is 4.39 Å². The number of hydrogen-bond donors (Lipinski definition) is 1. The molecule has 1 N–H and O–H groups in total. The fourth-order valence-corrected chi connectivity index (χ4v) is 2.22. The van der Waals surface area contributed by atoms with E-state index in [4.69, 9.17) is 0 Å². The molecule has 1 heterocycles. The summed E-state index contributed by atoms with van der Waals surface area (Å²) in [5.41, 5.74) is 2.94. The van der Waals surface area contributed by atoms with Gasteiger partial charge in [0.05, 0.1) is 17.4 Å². The summed E-state index contributed by atoms with van der Waals surface area (Å²) in [5, 5.41) is 7.65. The predicted molar refractivity (Wildman–Crippen MR) is 69.9 cm³/mol. The molecule has 2 rings (SSSR count). The van der Waals surface area contributed by atoms with Gasteiger partial charge in [-0.1, -0.05) is 12.1 Å². The van der Waals surface area contributed by atoms with Crippen LogP contribution < -0.4 is 5.32 Å². The molecule has 0 spiro atoms. The summed E-state index contributed by atoms with van der Waals surface area (Å²) in [6, 6.07) is 8.67. The third-order valence-corrected chi connectivity index (χ3v) is 3.00. The zero-order valence-electron chi connectivity index (χ0n) is 10.9. The summed E-state index contributed by atoms with van der Waals surface area (Å²) in [7, 11) is 1.87. The summed E-state index contributed by atoms with van der Waals surface area (Å²) < 4.78 is 15.3. The fourth-order valence-electron chi connectivity index (χ4n) is 2.22. The van der Waals surface area contributed by atoms with Gasteiger partial charge < -0.3 is 5.32 Å². The van der Waals surface area contributed by atoms with Crippen LogP contribution in [0, 0.1) is 12.7 Å². The molecule has 4 heteroatoms. The van der Waals surface area contributed by atoms with Gasteiger partial charge in [0, 0.05) is 6.54 Å². The van der Waals surface area contributed by atoms with Gasteiger partial charge in [0.2, 0.25) is 0 Å². The van der Waals surface area contributed by atoms with E-state index in [9.17, 15) is 4.39 Å². The van der Waals surface area contributed by atoms with Gasteiger partial charge in [-0.3, -0.25) is 4.68 Å². The second kappa shape index (κ2) is 5.31. The molecule has 0 fully saturated rings. The van der Waals surface area contributed by atoms with Crippen LogP contribution in [0.2, 0.25) is 0 Å². The van der Waals surface area contributed by atoms with Crippen molar-refractivity contribution in [3.8, 4) is 0 Å². The maximum absolute atomic E-state index is 13.3. The van der Waals surface area contributed by atoms with Gasteiger partial charge in [0.25, 0.3) is 0 Å². The van der Waals surface area contributed by atoms with Crippen LogP contribution in [0.3, 0.4) is 0 Å². The molecule has 1 aromatic carbocycles. The van der Waals surface area contributed by atoms with Crippen molar-refractivity contribution in [1.29, 1.82) is 0 Å². The monoisotopic (exact) mass is 247 g/mol. The Balaban J connectivity index is 2.44. The van der Waals surface area contributed by atoms with Crippen LogP contribution >= 0.6 is 0 Å². The Morgan fingerprint density at radius 2 is 2.17 bits per heavy atom. The minimum Gasteiger partial charge on any atom is -0.308 e. The first-order chi connectivity index (χ1) is 8.65. The zero-order valence-corrected chi connectivity index (χ0v) is 10.9. The predicted octanol–water partition coefficient (Wildman–Crippen LogP) is 2.66. The summed E-state index contributed by atoms with van der Waals surface area (Å²) in [6.07, 6.45) is 0. The first-order valence-electron chi connectivity index (χ1n) is 6.12. The van der Waals surface area contributed by atoms with Crippen LogP contribution in [0.15, 0.2) is 30.3 Å². The quantitative estimate of drug-likeness (QED) is 0.900. The normalized spacial score (nSPS) is 12.7. The van der Waals surface area contributed by atoms with Crippen molar-refractivity contribution in [2.75, 3.05) is 7.05 Å². The Bertz CT molecular complexity index is 534. The van der Waals surface area contributed by atoms with Gasteiger partial charge in [0.1, 0.15) is 5.82 Å². The van der Waals surface area contributed by atoms with Crippen LogP contribution in [-0.2, 0) is 6.54 Å². The van der Waals surface area contributed by atoms with Crippen LogP contribution in [0.5, 0.6) is 0 Å². The van der Waals surface area contributed by atoms with E-state index in [0.29, 0.717) is 0 Å². The molecule has 0 saturated carbocycles. The van der Waals surface area contributed by atoms with Gasteiger partial charge in [-0.25, -0.2) is 4.39 Å². The number of halogens is 1. The maximum atomic E-state index is 13.3. The second-order valence-corrected chi connectivity index (χ2v) is 4.30. The highest BCUT2D eigenvalue weighted by Crippen LogP contribution is 2.23. The number of hydrogen-bond acceptors (Lipinski definition) is 2. The Morgan fingerprint density at radius 3 is 2.78 bits per heavy atom. The highest BCUT2D eigenvalue weighted by atomic mass is 19.1. The Labute approximate surface area is 107 Å². The molecule has 0 aliphatic rings. The number of aryl methyl sites for hydroxylation is 2. The number of nitrogens with zero attached hydrogens (tertiary/aromatic N) is 2. The van der Waals surface area contributed by atoms with E-state index in [1.807, 2.05) is 37.7 Å². The lowest BCUT2D eigenvalue weighted by atomic mass is 10.0. The molecule has 18 heavy (non-hydrogen) atoms. The molecule has 1 atom stereocenters. The lowest BCUT2D eigenvalue weighted by Gasteiger charge is -2.18. The van der Waals surface area contributed by atoms with Gasteiger partial charge in [-0.05, 0) is 44.7 Å². The highest BCUT2D eigenvalue weighted by molar-refractivity contribution is 5.29. The summed E-state index contributed by atoms with van der Waals surface area (Å²) >= 11 is 0. The maximum Gasteiger partial charge on any atom is 0.123 e. The standard InChI is InChI=1S/C14H18FN3/c1-4-18-13(8-10(2)17-18)14(16-3)11-6-5-7-12(15)9-11/h5-9,14,16H,4H2,1-3H3. The molecule has 0 aliphatic heterocycles. The van der Waals surface area contributed by atoms with Crippen molar-refractivity contribution in [3.63, 3.8) is 0 Å². The highest BCUT2D eigenvalue weighted by Gasteiger charge is 2.17. The van der Waals surface area contributed by atoms with Gasteiger partial charge in [0.15, 0.2) is 0 Å². The molecular formula is C14H18FN3. The fraction of sp³-hybridized carbons (Fsp3) is 0.357. The zero-order chi connectivity index (χ0) is 13.1. The largest absolute Gasteiger partial charge is 0.308 e. The molecule has 0 saturated heterocycles. The van der Waals surface area contributed by atoms with Gasteiger partial charge in [-0.15, -0.1) is 0 Å². The molecule has 0 amide bonds. The SMILES string of the molecule is CCn1nc(C)cc1C(NC)c1cccc(F)c1. The Morgan fingerprint density at radius 1 is 1.39 bits per heavy atom. The van der Waals surface area contributed by atoms with Crippen LogP contribution in [0.1, 0.15) is 29.9 Å². The molecule has 1 aromatic heterocycles. The van der Waals surface area contributed by atoms with E-state index in [2.05, 4.69) is 10.4 Å². The Hall–Kier alpha value is -1.68. The molecule has 2 aromatic rings. The number of nitrogens with one attached hydrogen (secondary N) is 1. The molecule has 96 valence electrons. The Kier molecular flexibility index (Phi) is 3.77. The van der Waals surface area contributed by atoms with E-state index in [0.717, 1.165) is 23.5 Å². The molecule has 3 nitrogen and oxygen atoms in total. The average molecular weight is 247 g/mol. The minimum atomic E-state index is -0.216. The third kappa shape index (κ3) is 2.43. The van der Waals surface area contributed by atoms with Gasteiger partial charge >= 0.3 is 0 Å². The lowest BCUT2D eigenvalue weighted by Crippen LogP contribution is -2.21. The van der Waals surface area contributed by atoms with Gasteiger partial charge in [-0.2, -0.15) is 5.10 Å². The average Bonchev–Trinajstić information content (AvgIpc) is 2.71. The van der Waals surface area contributed by atoms with E-state index < -0.39 is 0 Å². The summed E-state index contributed by atoms with van der Waals surface area (Å²) in [5.74, 6) is -0.216. The van der Waals surface area contributed by atoms with Crippen LogP contribution in [-0.4, -0.2) is 16.8 Å². The summed E-state index contributed by atoms with van der Waals surface area (Å²) in [6.45, 7) is 4.82. The van der Waals surface area contributed by atoms with Crippen molar-refractivity contribution in [3.05, 3.63) is 53.1 Å². The smallest absolute Gasteiger partial charge is 0.123 e. The van der Waals surface area contributed by atoms with E-state index in [-0.39, 0.29) is 11.9 Å². The second-order valence-electron chi connectivity index (χ2n) is 4.30.